The van der Waals surface area contributed by atoms with E-state index in [1.165, 1.54) is 57.4 Å². The molecule has 0 unspecified atom stereocenters. The van der Waals surface area contributed by atoms with Crippen molar-refractivity contribution in [2.24, 2.45) is 0 Å². The van der Waals surface area contributed by atoms with Crippen LogP contribution in [-0.4, -0.2) is 15.6 Å². The van der Waals surface area contributed by atoms with Crippen LogP contribution in [0, 0.1) is 0 Å². The van der Waals surface area contributed by atoms with Crippen LogP contribution in [0.1, 0.15) is 51.4 Å². The van der Waals surface area contributed by atoms with E-state index in [2.05, 4.69) is 6.55 Å². The van der Waals surface area contributed by atoms with Crippen LogP contribution in [0.15, 0.2) is 0 Å². The van der Waals surface area contributed by atoms with Gasteiger partial charge in [0.15, 0.2) is 0 Å². The van der Waals surface area contributed by atoms with Crippen molar-refractivity contribution in [1.82, 2.24) is 0 Å². The van der Waals surface area contributed by atoms with E-state index in [9.17, 15) is 0 Å². The normalized spacial score (nSPS) is 24.7. The fourth-order valence-corrected chi connectivity index (χ4v) is 3.24. The van der Waals surface area contributed by atoms with Crippen LogP contribution < -0.4 is 0 Å². The van der Waals surface area contributed by atoms with Gasteiger partial charge in [0.05, 0.1) is 0 Å². The maximum absolute atomic E-state index is 5.82. The first-order chi connectivity index (χ1) is 6.39. The molecule has 0 N–H and O–H groups in total. The Kier molecular flexibility index (Phi) is 6.55. The summed E-state index contributed by atoms with van der Waals surface area (Å²) in [5.41, 5.74) is 0. The zero-order chi connectivity index (χ0) is 9.36. The van der Waals surface area contributed by atoms with Gasteiger partial charge < -0.3 is 4.43 Å². The van der Waals surface area contributed by atoms with Crippen LogP contribution in [0.4, 0.5) is 0 Å². The number of hydrogen-bond acceptors (Lipinski definition) is 1. The van der Waals surface area contributed by atoms with Gasteiger partial charge in [-0.1, -0.05) is 44.9 Å². The van der Waals surface area contributed by atoms with Gasteiger partial charge in [0, 0.05) is 6.61 Å². The summed E-state index contributed by atoms with van der Waals surface area (Å²) in [5.74, 6) is 0. The molecule has 0 bridgehead atoms. The first-order valence-electron chi connectivity index (χ1n) is 5.85. The van der Waals surface area contributed by atoms with Gasteiger partial charge in [-0.2, -0.15) is 0 Å². The molecule has 0 aromatic heterocycles. The highest BCUT2D eigenvalue weighted by molar-refractivity contribution is 6.50. The molecule has 0 atom stereocenters. The molecule has 0 aliphatic carbocycles. The molecular formula is C11H23OSi. The molecule has 0 spiro atoms. The fraction of sp³-hybridized carbons (Fsp3) is 1.00. The molecule has 0 amide bonds. The first-order valence-corrected chi connectivity index (χ1v) is 7.96. The minimum absolute atomic E-state index is 0.418. The van der Waals surface area contributed by atoms with Gasteiger partial charge in [0.1, 0.15) is 0 Å². The highest BCUT2D eigenvalue weighted by Crippen LogP contribution is 2.13. The average molecular weight is 199 g/mol. The largest absolute Gasteiger partial charge is 0.417 e. The molecule has 0 saturated carbocycles. The van der Waals surface area contributed by atoms with Crippen molar-refractivity contribution in [3.8, 4) is 0 Å². The van der Waals surface area contributed by atoms with Gasteiger partial charge in [0.2, 0.25) is 9.04 Å². The molecule has 1 aliphatic heterocycles. The highest BCUT2D eigenvalue weighted by atomic mass is 28.3. The zero-order valence-corrected chi connectivity index (χ0v) is 9.98. The molecular weight excluding hydrogens is 176 g/mol. The van der Waals surface area contributed by atoms with Crippen molar-refractivity contribution in [3.63, 3.8) is 0 Å². The quantitative estimate of drug-likeness (QED) is 0.540. The standard InChI is InChI=1S/C11H23OSi/c1-13-11-9-7-5-3-2-4-6-8-10-12-13/h2-11H2,1H3. The van der Waals surface area contributed by atoms with E-state index in [0.29, 0.717) is 0 Å². The fourth-order valence-electron chi connectivity index (χ4n) is 1.86. The lowest BCUT2D eigenvalue weighted by atomic mass is 10.1. The van der Waals surface area contributed by atoms with Crippen LogP contribution in [0.3, 0.4) is 0 Å². The molecule has 1 saturated heterocycles. The summed E-state index contributed by atoms with van der Waals surface area (Å²) in [4.78, 5) is 0. The Morgan fingerprint density at radius 3 is 2.00 bits per heavy atom. The SMILES string of the molecule is C[Si]1CCCCCCCCCCO1. The molecule has 1 radical (unpaired) electrons. The van der Waals surface area contributed by atoms with E-state index < -0.39 is 9.04 Å². The molecule has 1 rings (SSSR count). The molecule has 1 aliphatic rings. The van der Waals surface area contributed by atoms with Crippen molar-refractivity contribution >= 4 is 9.04 Å². The molecule has 0 aromatic rings. The molecule has 13 heavy (non-hydrogen) atoms. The topological polar surface area (TPSA) is 9.23 Å². The average Bonchev–Trinajstić information content (AvgIpc) is 2.11. The van der Waals surface area contributed by atoms with E-state index >= 15 is 0 Å². The van der Waals surface area contributed by atoms with Crippen molar-refractivity contribution in [3.05, 3.63) is 0 Å². The summed E-state index contributed by atoms with van der Waals surface area (Å²) in [6.07, 6.45) is 11.3. The van der Waals surface area contributed by atoms with Gasteiger partial charge in [-0.05, 0) is 19.0 Å². The Bertz CT molecular complexity index is 105. The minimum atomic E-state index is -0.418. The van der Waals surface area contributed by atoms with Gasteiger partial charge in [-0.15, -0.1) is 0 Å². The van der Waals surface area contributed by atoms with Gasteiger partial charge in [-0.3, -0.25) is 0 Å². The van der Waals surface area contributed by atoms with Crippen LogP contribution in [0.5, 0.6) is 0 Å². The second-order valence-electron chi connectivity index (χ2n) is 4.13. The summed E-state index contributed by atoms with van der Waals surface area (Å²) in [6, 6.07) is 1.37. The van der Waals surface area contributed by atoms with Gasteiger partial charge in [0.25, 0.3) is 0 Å². The lowest BCUT2D eigenvalue weighted by Crippen LogP contribution is -2.14. The van der Waals surface area contributed by atoms with Crippen molar-refractivity contribution in [1.29, 1.82) is 0 Å². The molecule has 2 heteroatoms. The Balaban J connectivity index is 2.11. The van der Waals surface area contributed by atoms with Crippen molar-refractivity contribution < 1.29 is 4.43 Å². The second kappa shape index (κ2) is 7.57. The van der Waals surface area contributed by atoms with E-state index in [0.717, 1.165) is 6.61 Å². The van der Waals surface area contributed by atoms with Crippen molar-refractivity contribution in [2.45, 2.75) is 64.0 Å². The summed E-state index contributed by atoms with van der Waals surface area (Å²) in [7, 11) is -0.418. The predicted molar refractivity (Wildman–Crippen MR) is 59.3 cm³/mol. The second-order valence-corrected chi connectivity index (χ2v) is 6.32. The third-order valence-corrected chi connectivity index (χ3v) is 4.53. The Morgan fingerprint density at radius 2 is 1.31 bits per heavy atom. The maximum Gasteiger partial charge on any atom is 0.208 e. The summed E-state index contributed by atoms with van der Waals surface area (Å²) in [6.45, 7) is 3.35. The predicted octanol–water partition coefficient (Wildman–Crippen LogP) is 3.76. The Labute approximate surface area is 84.6 Å². The lowest BCUT2D eigenvalue weighted by molar-refractivity contribution is 0.305. The molecule has 0 aromatic carbocycles. The lowest BCUT2D eigenvalue weighted by Gasteiger charge is -2.12. The molecule has 1 heterocycles. The Morgan fingerprint density at radius 1 is 0.769 bits per heavy atom. The van der Waals surface area contributed by atoms with E-state index in [-0.39, 0.29) is 0 Å². The van der Waals surface area contributed by atoms with Crippen LogP contribution in [0.25, 0.3) is 0 Å². The monoisotopic (exact) mass is 199 g/mol. The van der Waals surface area contributed by atoms with E-state index in [1.807, 2.05) is 0 Å². The van der Waals surface area contributed by atoms with Gasteiger partial charge in [-0.25, -0.2) is 0 Å². The molecule has 1 fully saturated rings. The van der Waals surface area contributed by atoms with Crippen LogP contribution in [-0.2, 0) is 4.43 Å². The van der Waals surface area contributed by atoms with E-state index in [4.69, 9.17) is 4.43 Å². The third kappa shape index (κ3) is 6.27. The van der Waals surface area contributed by atoms with Gasteiger partial charge >= 0.3 is 0 Å². The van der Waals surface area contributed by atoms with E-state index in [1.54, 1.807) is 0 Å². The number of rotatable bonds is 0. The summed E-state index contributed by atoms with van der Waals surface area (Å²) < 4.78 is 5.82. The zero-order valence-electron chi connectivity index (χ0n) is 8.98. The highest BCUT2D eigenvalue weighted by Gasteiger charge is 2.06. The molecule has 77 valence electrons. The smallest absolute Gasteiger partial charge is 0.208 e. The van der Waals surface area contributed by atoms with Crippen LogP contribution in [0.2, 0.25) is 12.6 Å². The van der Waals surface area contributed by atoms with Crippen LogP contribution >= 0.6 is 0 Å². The first kappa shape index (κ1) is 11.3. The summed E-state index contributed by atoms with van der Waals surface area (Å²) in [5, 5.41) is 0. The summed E-state index contributed by atoms with van der Waals surface area (Å²) >= 11 is 0. The van der Waals surface area contributed by atoms with Crippen molar-refractivity contribution in [2.75, 3.05) is 6.61 Å². The molecule has 1 nitrogen and oxygen atoms in total. The third-order valence-electron chi connectivity index (χ3n) is 2.77. The number of hydrogen-bond donors (Lipinski definition) is 0. The minimum Gasteiger partial charge on any atom is -0.417 e. The maximum atomic E-state index is 5.82. The Hall–Kier alpha value is 0.177.